The summed E-state index contributed by atoms with van der Waals surface area (Å²) >= 11 is 0. The third-order valence-corrected chi connectivity index (χ3v) is 2.94. The molecule has 0 bridgehead atoms. The molecular formula is C14H28NO. The highest BCUT2D eigenvalue weighted by molar-refractivity contribution is 5.47. The Morgan fingerprint density at radius 1 is 0.750 bits per heavy atom. The van der Waals surface area contributed by atoms with Crippen LogP contribution < -0.4 is 0 Å². The summed E-state index contributed by atoms with van der Waals surface area (Å²) in [7, 11) is 0. The number of unbranched alkanes of at least 4 members (excludes halogenated alkanes) is 7. The van der Waals surface area contributed by atoms with Crippen LogP contribution >= 0.6 is 0 Å². The lowest BCUT2D eigenvalue weighted by Crippen LogP contribution is -2.24. The number of hydrogen-bond donors (Lipinski definition) is 0. The SMILES string of the molecule is CCCCCCCCCN([C]=O)CCCC. The van der Waals surface area contributed by atoms with Gasteiger partial charge >= 0.3 is 6.41 Å². The topological polar surface area (TPSA) is 20.3 Å². The molecule has 0 aromatic carbocycles. The monoisotopic (exact) mass is 226 g/mol. The van der Waals surface area contributed by atoms with Crippen molar-refractivity contribution in [2.24, 2.45) is 0 Å². The lowest BCUT2D eigenvalue weighted by atomic mass is 10.1. The Labute approximate surface area is 101 Å². The highest BCUT2D eigenvalue weighted by Crippen LogP contribution is 2.07. The summed E-state index contributed by atoms with van der Waals surface area (Å²) in [6.45, 7) is 6.18. The molecule has 95 valence electrons. The minimum atomic E-state index is 0.885. The van der Waals surface area contributed by atoms with Gasteiger partial charge in [-0.1, -0.05) is 58.8 Å². The van der Waals surface area contributed by atoms with Crippen molar-refractivity contribution in [1.82, 2.24) is 4.90 Å². The van der Waals surface area contributed by atoms with E-state index in [0.29, 0.717) is 0 Å². The van der Waals surface area contributed by atoms with Gasteiger partial charge in [-0.15, -0.1) is 0 Å². The Balaban J connectivity index is 3.24. The first-order valence-corrected chi connectivity index (χ1v) is 6.97. The van der Waals surface area contributed by atoms with E-state index in [1.165, 1.54) is 38.5 Å². The van der Waals surface area contributed by atoms with Crippen LogP contribution in [0.3, 0.4) is 0 Å². The van der Waals surface area contributed by atoms with Crippen LogP contribution in [-0.4, -0.2) is 24.4 Å². The number of carbonyl (C=O) groups excluding carboxylic acids is 1. The predicted octanol–water partition coefficient (Wildman–Crippen LogP) is 3.91. The van der Waals surface area contributed by atoms with Gasteiger partial charge in [0.05, 0.1) is 0 Å². The van der Waals surface area contributed by atoms with Crippen LogP contribution in [0.4, 0.5) is 0 Å². The lowest BCUT2D eigenvalue weighted by molar-refractivity contribution is 0.361. The van der Waals surface area contributed by atoms with Gasteiger partial charge in [0.25, 0.3) is 0 Å². The summed E-state index contributed by atoms with van der Waals surface area (Å²) in [6.07, 6.45) is 13.4. The van der Waals surface area contributed by atoms with Crippen LogP contribution in [0, 0.1) is 0 Å². The molecule has 2 nitrogen and oxygen atoms in total. The Bertz CT molecular complexity index is 148. The minimum Gasteiger partial charge on any atom is -0.334 e. The van der Waals surface area contributed by atoms with Gasteiger partial charge in [0, 0.05) is 13.1 Å². The number of nitrogens with zero attached hydrogens (tertiary/aromatic N) is 1. The van der Waals surface area contributed by atoms with Crippen LogP contribution in [0.25, 0.3) is 0 Å². The third kappa shape index (κ3) is 10.0. The number of hydrogen-bond acceptors (Lipinski definition) is 1. The molecule has 0 aliphatic rings. The highest BCUT2D eigenvalue weighted by Gasteiger charge is 2.01. The molecule has 16 heavy (non-hydrogen) atoms. The zero-order valence-corrected chi connectivity index (χ0v) is 11.1. The molecule has 0 aliphatic heterocycles. The summed E-state index contributed by atoms with van der Waals surface area (Å²) in [4.78, 5) is 12.4. The van der Waals surface area contributed by atoms with E-state index in [1.54, 1.807) is 4.90 Å². The normalized spacial score (nSPS) is 10.4. The maximum Gasteiger partial charge on any atom is 0.312 e. The van der Waals surface area contributed by atoms with Crippen LogP contribution in [0.1, 0.15) is 71.6 Å². The van der Waals surface area contributed by atoms with E-state index in [0.717, 1.165) is 32.4 Å². The van der Waals surface area contributed by atoms with Crippen LogP contribution in [0.5, 0.6) is 0 Å². The first-order chi connectivity index (χ1) is 7.85. The van der Waals surface area contributed by atoms with Gasteiger partial charge in [-0.3, -0.25) is 4.79 Å². The third-order valence-electron chi connectivity index (χ3n) is 2.94. The second-order valence-corrected chi connectivity index (χ2v) is 4.55. The summed E-state index contributed by atoms with van der Waals surface area (Å²) in [5.74, 6) is 0. The summed E-state index contributed by atoms with van der Waals surface area (Å²) in [6, 6.07) is 0. The molecule has 0 rings (SSSR count). The molecule has 0 atom stereocenters. The Hall–Kier alpha value is -0.530. The fourth-order valence-corrected chi connectivity index (χ4v) is 1.81. The number of amides is 1. The second-order valence-electron chi connectivity index (χ2n) is 4.55. The van der Waals surface area contributed by atoms with E-state index in [9.17, 15) is 4.79 Å². The molecule has 1 radical (unpaired) electrons. The molecule has 0 spiro atoms. The van der Waals surface area contributed by atoms with Crippen molar-refractivity contribution in [3.05, 3.63) is 0 Å². The molecule has 0 unspecified atom stereocenters. The van der Waals surface area contributed by atoms with E-state index < -0.39 is 0 Å². The van der Waals surface area contributed by atoms with Crippen molar-refractivity contribution in [2.45, 2.75) is 71.6 Å². The van der Waals surface area contributed by atoms with Gasteiger partial charge in [0.15, 0.2) is 0 Å². The van der Waals surface area contributed by atoms with Crippen molar-refractivity contribution in [3.8, 4) is 0 Å². The molecule has 1 amide bonds. The minimum absolute atomic E-state index is 0.885. The first-order valence-electron chi connectivity index (χ1n) is 6.97. The van der Waals surface area contributed by atoms with E-state index in [4.69, 9.17) is 0 Å². The second kappa shape index (κ2) is 12.5. The lowest BCUT2D eigenvalue weighted by Gasteiger charge is -2.15. The van der Waals surface area contributed by atoms with Crippen molar-refractivity contribution >= 4 is 6.41 Å². The average Bonchev–Trinajstić information content (AvgIpc) is 2.32. The molecule has 0 fully saturated rings. The molecule has 0 heterocycles. The quantitative estimate of drug-likeness (QED) is 0.365. The van der Waals surface area contributed by atoms with Crippen molar-refractivity contribution in [3.63, 3.8) is 0 Å². The molecule has 0 aromatic rings. The summed E-state index contributed by atoms with van der Waals surface area (Å²) in [5.41, 5.74) is 0. The van der Waals surface area contributed by atoms with Crippen LogP contribution in [0.15, 0.2) is 0 Å². The van der Waals surface area contributed by atoms with Crippen molar-refractivity contribution in [1.29, 1.82) is 0 Å². The van der Waals surface area contributed by atoms with Crippen molar-refractivity contribution in [2.75, 3.05) is 13.1 Å². The number of rotatable bonds is 12. The molecule has 0 saturated carbocycles. The average molecular weight is 226 g/mol. The molecule has 0 aliphatic carbocycles. The van der Waals surface area contributed by atoms with Gasteiger partial charge < -0.3 is 4.90 Å². The fraction of sp³-hybridized carbons (Fsp3) is 0.929. The Kier molecular flexibility index (Phi) is 12.1. The zero-order valence-electron chi connectivity index (χ0n) is 11.1. The molecule has 2 heteroatoms. The van der Waals surface area contributed by atoms with Gasteiger partial charge in [-0.25, -0.2) is 0 Å². The molecular weight excluding hydrogens is 198 g/mol. The Morgan fingerprint density at radius 3 is 1.81 bits per heavy atom. The summed E-state index contributed by atoms with van der Waals surface area (Å²) in [5, 5.41) is 0. The molecule has 0 aromatic heterocycles. The van der Waals surface area contributed by atoms with E-state index >= 15 is 0 Å². The largest absolute Gasteiger partial charge is 0.334 e. The predicted molar refractivity (Wildman–Crippen MR) is 70.2 cm³/mol. The maximum atomic E-state index is 10.6. The highest BCUT2D eigenvalue weighted by atomic mass is 16.1. The van der Waals surface area contributed by atoms with Gasteiger partial charge in [-0.05, 0) is 12.8 Å². The van der Waals surface area contributed by atoms with Gasteiger partial charge in [0.1, 0.15) is 0 Å². The summed E-state index contributed by atoms with van der Waals surface area (Å²) < 4.78 is 0. The van der Waals surface area contributed by atoms with E-state index in [2.05, 4.69) is 13.8 Å². The van der Waals surface area contributed by atoms with Crippen LogP contribution in [0.2, 0.25) is 0 Å². The maximum absolute atomic E-state index is 10.6. The standard InChI is InChI=1S/C14H28NO/c1-3-5-7-8-9-10-11-13-15(14-16)12-6-4-2/h3-13H2,1-2H3. The van der Waals surface area contributed by atoms with Gasteiger partial charge in [-0.2, -0.15) is 0 Å². The Morgan fingerprint density at radius 2 is 1.25 bits per heavy atom. The van der Waals surface area contributed by atoms with Crippen molar-refractivity contribution < 1.29 is 4.79 Å². The smallest absolute Gasteiger partial charge is 0.312 e. The molecule has 0 saturated heterocycles. The molecule has 0 N–H and O–H groups in total. The van der Waals surface area contributed by atoms with E-state index in [1.807, 2.05) is 6.41 Å². The first kappa shape index (κ1) is 15.5. The van der Waals surface area contributed by atoms with E-state index in [-0.39, 0.29) is 0 Å². The van der Waals surface area contributed by atoms with Gasteiger partial charge in [0.2, 0.25) is 0 Å². The zero-order chi connectivity index (χ0) is 12.1. The van der Waals surface area contributed by atoms with Crippen LogP contribution in [-0.2, 0) is 4.79 Å². The fourth-order valence-electron chi connectivity index (χ4n) is 1.81.